The summed E-state index contributed by atoms with van der Waals surface area (Å²) in [6, 6.07) is 5.63. The number of benzene rings is 1. The molecule has 98 valence electrons. The minimum atomic E-state index is -0.301. The number of hydrogen-bond donors (Lipinski definition) is 1. The van der Waals surface area contributed by atoms with Gasteiger partial charge in [0.25, 0.3) is 5.69 Å². The lowest BCUT2D eigenvalue weighted by Crippen LogP contribution is -2.44. The van der Waals surface area contributed by atoms with Crippen LogP contribution >= 0.6 is 0 Å². The Balaban J connectivity index is 2.39. The molecule has 0 saturated carbocycles. The van der Waals surface area contributed by atoms with Gasteiger partial charge in [-0.2, -0.15) is 0 Å². The summed E-state index contributed by atoms with van der Waals surface area (Å²) < 4.78 is 0. The first-order valence-corrected chi connectivity index (χ1v) is 6.35. The second-order valence-electron chi connectivity index (χ2n) is 4.83. The van der Waals surface area contributed by atoms with Crippen LogP contribution in [0.25, 0.3) is 0 Å². The molecule has 2 rings (SSSR count). The fourth-order valence-corrected chi connectivity index (χ4v) is 2.59. The lowest BCUT2D eigenvalue weighted by Gasteiger charge is -2.36. The molecular weight excluding hydrogens is 230 g/mol. The van der Waals surface area contributed by atoms with E-state index in [1.54, 1.807) is 6.07 Å². The number of nitro benzene ring substituents is 1. The highest BCUT2D eigenvalue weighted by Crippen LogP contribution is 2.33. The smallest absolute Gasteiger partial charge is 0.292 e. The lowest BCUT2D eigenvalue weighted by molar-refractivity contribution is -0.384. The molecule has 5 heteroatoms. The van der Waals surface area contributed by atoms with Gasteiger partial charge in [0.15, 0.2) is 0 Å². The minimum absolute atomic E-state index is 0.190. The first-order valence-electron chi connectivity index (χ1n) is 6.35. The summed E-state index contributed by atoms with van der Waals surface area (Å²) in [7, 11) is 0. The van der Waals surface area contributed by atoms with Crippen LogP contribution in [0.15, 0.2) is 18.2 Å². The molecule has 1 aliphatic heterocycles. The maximum Gasteiger partial charge on any atom is 0.292 e. The van der Waals surface area contributed by atoms with Crippen LogP contribution in [0.5, 0.6) is 0 Å². The maximum atomic E-state index is 11.2. The van der Waals surface area contributed by atoms with Crippen molar-refractivity contribution in [1.29, 1.82) is 0 Å². The van der Waals surface area contributed by atoms with Gasteiger partial charge in [0.05, 0.1) is 4.92 Å². The Morgan fingerprint density at radius 3 is 2.94 bits per heavy atom. The number of rotatable bonds is 3. The maximum absolute atomic E-state index is 11.2. The predicted octanol–water partition coefficient (Wildman–Crippen LogP) is 2.22. The molecule has 0 aliphatic carbocycles. The minimum Gasteiger partial charge on any atom is -0.362 e. The summed E-state index contributed by atoms with van der Waals surface area (Å²) >= 11 is 0. The van der Waals surface area contributed by atoms with Crippen molar-refractivity contribution in [2.45, 2.75) is 32.2 Å². The van der Waals surface area contributed by atoms with Gasteiger partial charge in [0.1, 0.15) is 5.69 Å². The molecule has 1 aliphatic rings. The topological polar surface area (TPSA) is 72.4 Å². The molecule has 1 fully saturated rings. The zero-order valence-electron chi connectivity index (χ0n) is 10.6. The second-order valence-corrected chi connectivity index (χ2v) is 4.83. The van der Waals surface area contributed by atoms with Crippen molar-refractivity contribution in [3.05, 3.63) is 33.9 Å². The largest absolute Gasteiger partial charge is 0.362 e. The lowest BCUT2D eigenvalue weighted by atomic mass is 10.0. The van der Waals surface area contributed by atoms with E-state index in [0.717, 1.165) is 31.4 Å². The predicted molar refractivity (Wildman–Crippen MR) is 71.9 cm³/mol. The Labute approximate surface area is 107 Å². The molecule has 1 heterocycles. The van der Waals surface area contributed by atoms with E-state index in [2.05, 4.69) is 4.90 Å². The van der Waals surface area contributed by atoms with Crippen molar-refractivity contribution in [3.8, 4) is 0 Å². The van der Waals surface area contributed by atoms with Crippen molar-refractivity contribution in [2.24, 2.45) is 5.73 Å². The number of nitrogens with zero attached hydrogens (tertiary/aromatic N) is 2. The third-order valence-corrected chi connectivity index (χ3v) is 3.54. The molecule has 2 N–H and O–H groups in total. The Morgan fingerprint density at radius 1 is 1.50 bits per heavy atom. The second kappa shape index (κ2) is 5.35. The molecule has 1 aromatic carbocycles. The van der Waals surface area contributed by atoms with Gasteiger partial charge >= 0.3 is 0 Å². The van der Waals surface area contributed by atoms with Gasteiger partial charge in [-0.1, -0.05) is 6.07 Å². The Kier molecular flexibility index (Phi) is 3.81. The van der Waals surface area contributed by atoms with Crippen molar-refractivity contribution in [3.63, 3.8) is 0 Å². The van der Waals surface area contributed by atoms with E-state index in [1.807, 2.05) is 19.1 Å². The molecule has 0 bridgehead atoms. The molecule has 0 aromatic heterocycles. The molecule has 0 amide bonds. The number of piperidine rings is 1. The van der Waals surface area contributed by atoms with Crippen molar-refractivity contribution >= 4 is 11.4 Å². The van der Waals surface area contributed by atoms with Crippen LogP contribution in [0.1, 0.15) is 24.8 Å². The average Bonchev–Trinajstić information content (AvgIpc) is 2.38. The van der Waals surface area contributed by atoms with Gasteiger partial charge in [-0.3, -0.25) is 10.1 Å². The zero-order chi connectivity index (χ0) is 13.1. The standard InChI is InChI=1S/C13H19N3O2/c1-10-5-6-12(13(8-10)16(17)18)15-7-3-2-4-11(15)9-14/h5-6,8,11H,2-4,7,9,14H2,1H3. The monoisotopic (exact) mass is 249 g/mol. The number of anilines is 1. The summed E-state index contributed by atoms with van der Waals surface area (Å²) in [6.45, 7) is 3.27. The van der Waals surface area contributed by atoms with Crippen LogP contribution in [-0.2, 0) is 0 Å². The highest BCUT2D eigenvalue weighted by Gasteiger charge is 2.27. The van der Waals surface area contributed by atoms with E-state index in [9.17, 15) is 10.1 Å². The van der Waals surface area contributed by atoms with Crippen LogP contribution in [0, 0.1) is 17.0 Å². The summed E-state index contributed by atoms with van der Waals surface area (Å²) in [6.07, 6.45) is 3.24. The first kappa shape index (κ1) is 12.8. The zero-order valence-corrected chi connectivity index (χ0v) is 10.6. The Bertz CT molecular complexity index is 448. The van der Waals surface area contributed by atoms with E-state index >= 15 is 0 Å². The molecule has 18 heavy (non-hydrogen) atoms. The average molecular weight is 249 g/mol. The SMILES string of the molecule is Cc1ccc(N2CCCCC2CN)c([N+](=O)[O-])c1. The summed E-state index contributed by atoms with van der Waals surface area (Å²) in [5, 5.41) is 11.2. The van der Waals surface area contributed by atoms with Crippen LogP contribution in [0.3, 0.4) is 0 Å². The van der Waals surface area contributed by atoms with Crippen molar-refractivity contribution in [1.82, 2.24) is 0 Å². The molecule has 1 aromatic rings. The van der Waals surface area contributed by atoms with Crippen LogP contribution in [-0.4, -0.2) is 24.1 Å². The molecule has 1 saturated heterocycles. The number of nitro groups is 1. The van der Waals surface area contributed by atoms with E-state index < -0.39 is 0 Å². The molecule has 1 unspecified atom stereocenters. The molecule has 0 spiro atoms. The highest BCUT2D eigenvalue weighted by molar-refractivity contribution is 5.65. The van der Waals surface area contributed by atoms with Crippen LogP contribution in [0.2, 0.25) is 0 Å². The van der Waals surface area contributed by atoms with Gasteiger partial charge in [0, 0.05) is 25.2 Å². The quantitative estimate of drug-likeness (QED) is 0.658. The summed E-state index contributed by atoms with van der Waals surface area (Å²) in [5.41, 5.74) is 7.58. The van der Waals surface area contributed by atoms with Gasteiger partial charge in [-0.05, 0) is 37.8 Å². The summed E-state index contributed by atoms with van der Waals surface area (Å²) in [4.78, 5) is 13.0. The third-order valence-electron chi connectivity index (χ3n) is 3.54. The Hall–Kier alpha value is -1.62. The molecular formula is C13H19N3O2. The molecule has 1 atom stereocenters. The summed E-state index contributed by atoms with van der Waals surface area (Å²) in [5.74, 6) is 0. The number of nitrogens with two attached hydrogens (primary N) is 1. The fraction of sp³-hybridized carbons (Fsp3) is 0.538. The first-order chi connectivity index (χ1) is 8.63. The van der Waals surface area contributed by atoms with Gasteiger partial charge in [0.2, 0.25) is 0 Å². The van der Waals surface area contributed by atoms with Gasteiger partial charge in [-0.25, -0.2) is 0 Å². The fourth-order valence-electron chi connectivity index (χ4n) is 2.59. The molecule has 5 nitrogen and oxygen atoms in total. The van der Waals surface area contributed by atoms with E-state index in [0.29, 0.717) is 12.2 Å². The third kappa shape index (κ3) is 2.46. The normalized spacial score (nSPS) is 19.9. The number of aryl methyl sites for hydroxylation is 1. The van der Waals surface area contributed by atoms with E-state index in [4.69, 9.17) is 5.73 Å². The van der Waals surface area contributed by atoms with E-state index in [1.165, 1.54) is 0 Å². The molecule has 0 radical (unpaired) electrons. The Morgan fingerprint density at radius 2 is 2.28 bits per heavy atom. The van der Waals surface area contributed by atoms with Crippen molar-refractivity contribution < 1.29 is 4.92 Å². The van der Waals surface area contributed by atoms with Crippen LogP contribution < -0.4 is 10.6 Å². The van der Waals surface area contributed by atoms with E-state index in [-0.39, 0.29) is 16.7 Å². The number of hydrogen-bond acceptors (Lipinski definition) is 4. The van der Waals surface area contributed by atoms with Crippen LogP contribution in [0.4, 0.5) is 11.4 Å². The van der Waals surface area contributed by atoms with Gasteiger partial charge < -0.3 is 10.6 Å². The highest BCUT2D eigenvalue weighted by atomic mass is 16.6. The van der Waals surface area contributed by atoms with Gasteiger partial charge in [-0.15, -0.1) is 0 Å². The van der Waals surface area contributed by atoms with Crippen molar-refractivity contribution in [2.75, 3.05) is 18.0 Å².